The van der Waals surface area contributed by atoms with E-state index in [1.165, 1.54) is 6.92 Å². The van der Waals surface area contributed by atoms with Crippen molar-refractivity contribution < 1.29 is 19.3 Å². The highest BCUT2D eigenvalue weighted by Gasteiger charge is 2.53. The molecule has 1 aliphatic heterocycles. The minimum absolute atomic E-state index is 0.513. The summed E-state index contributed by atoms with van der Waals surface area (Å²) in [4.78, 5) is 22.9. The van der Waals surface area contributed by atoms with Gasteiger partial charge in [0.2, 0.25) is 5.82 Å². The zero-order valence-corrected chi connectivity index (χ0v) is 10.6. The van der Waals surface area contributed by atoms with Crippen LogP contribution < -0.4 is 11.2 Å². The van der Waals surface area contributed by atoms with Gasteiger partial charge < -0.3 is 14.9 Å². The number of H-pyrrole nitrogens is 1. The van der Waals surface area contributed by atoms with Crippen molar-refractivity contribution in [1.82, 2.24) is 9.55 Å². The third kappa shape index (κ3) is 2.20. The topological polar surface area (TPSA) is 105 Å². The number of aliphatic hydroxyl groups excluding tert-OH is 2. The van der Waals surface area contributed by atoms with Gasteiger partial charge in [0.15, 0.2) is 6.23 Å². The first kappa shape index (κ1) is 14.2. The Hall–Kier alpha value is -1.22. The van der Waals surface area contributed by atoms with E-state index in [2.05, 4.69) is 0 Å². The van der Waals surface area contributed by atoms with Gasteiger partial charge in [-0.05, 0) is 6.92 Å². The molecule has 0 aliphatic carbocycles. The zero-order valence-electron chi connectivity index (χ0n) is 9.84. The van der Waals surface area contributed by atoms with Crippen LogP contribution in [0.25, 0.3) is 0 Å². The Bertz CT molecular complexity index is 598. The average molecular weight is 295 g/mol. The maximum absolute atomic E-state index is 13.2. The second-order valence-corrected chi connectivity index (χ2v) is 5.26. The number of alkyl halides is 1. The quantitative estimate of drug-likeness (QED) is 0.602. The molecular formula is C10H12ClFN2O5. The van der Waals surface area contributed by atoms with Gasteiger partial charge in [-0.25, -0.2) is 4.79 Å². The molecule has 2 heterocycles. The number of rotatable bonds is 2. The van der Waals surface area contributed by atoms with Crippen LogP contribution in [-0.4, -0.2) is 43.5 Å². The molecule has 19 heavy (non-hydrogen) atoms. The summed E-state index contributed by atoms with van der Waals surface area (Å²) in [6.45, 7) is 0.871. The minimum atomic E-state index is -1.46. The summed E-state index contributed by atoms with van der Waals surface area (Å²) in [5.41, 5.74) is -2.08. The van der Waals surface area contributed by atoms with Crippen molar-refractivity contribution in [1.29, 1.82) is 0 Å². The molecule has 0 aromatic carbocycles. The van der Waals surface area contributed by atoms with E-state index in [4.69, 9.17) is 21.4 Å². The van der Waals surface area contributed by atoms with Crippen molar-refractivity contribution >= 4 is 11.6 Å². The van der Waals surface area contributed by atoms with E-state index in [1.54, 1.807) is 4.98 Å². The van der Waals surface area contributed by atoms with E-state index >= 15 is 0 Å². The molecule has 1 aliphatic rings. The van der Waals surface area contributed by atoms with Crippen LogP contribution in [0.2, 0.25) is 0 Å². The molecule has 1 aromatic heterocycles. The van der Waals surface area contributed by atoms with Crippen molar-refractivity contribution in [3.05, 3.63) is 32.9 Å². The van der Waals surface area contributed by atoms with Crippen LogP contribution in [0, 0.1) is 5.82 Å². The highest BCUT2D eigenvalue weighted by Crippen LogP contribution is 2.42. The number of halogens is 2. The first-order valence-corrected chi connectivity index (χ1v) is 5.81. The predicted octanol–water partition coefficient (Wildman–Crippen LogP) is -1.08. The summed E-state index contributed by atoms with van der Waals surface area (Å²) < 4.78 is 19.2. The van der Waals surface area contributed by atoms with E-state index in [0.717, 1.165) is 4.57 Å². The zero-order chi connectivity index (χ0) is 14.4. The van der Waals surface area contributed by atoms with Crippen LogP contribution in [-0.2, 0) is 4.74 Å². The molecule has 4 atom stereocenters. The van der Waals surface area contributed by atoms with Crippen molar-refractivity contribution in [2.24, 2.45) is 0 Å². The van der Waals surface area contributed by atoms with Crippen LogP contribution in [0.4, 0.5) is 4.39 Å². The molecule has 0 radical (unpaired) electrons. The number of hydrogen-bond acceptors (Lipinski definition) is 5. The second kappa shape index (κ2) is 4.71. The maximum Gasteiger partial charge on any atom is 0.330 e. The lowest BCUT2D eigenvalue weighted by Crippen LogP contribution is -2.43. The highest BCUT2D eigenvalue weighted by molar-refractivity contribution is 6.24. The molecule has 0 bridgehead atoms. The molecule has 0 spiro atoms. The van der Waals surface area contributed by atoms with Gasteiger partial charge in [0, 0.05) is 0 Å². The van der Waals surface area contributed by atoms with Crippen LogP contribution in [0.5, 0.6) is 0 Å². The minimum Gasteiger partial charge on any atom is -0.394 e. The molecule has 3 N–H and O–H groups in total. The first-order valence-electron chi connectivity index (χ1n) is 5.43. The normalized spacial score (nSPS) is 34.7. The van der Waals surface area contributed by atoms with Gasteiger partial charge in [-0.2, -0.15) is 4.39 Å². The Morgan fingerprint density at radius 2 is 2.26 bits per heavy atom. The van der Waals surface area contributed by atoms with Gasteiger partial charge in [0.1, 0.15) is 17.1 Å². The molecule has 0 saturated carbocycles. The van der Waals surface area contributed by atoms with E-state index in [-0.39, 0.29) is 0 Å². The van der Waals surface area contributed by atoms with Gasteiger partial charge in [-0.1, -0.05) is 0 Å². The van der Waals surface area contributed by atoms with Crippen molar-refractivity contribution in [3.8, 4) is 0 Å². The first-order chi connectivity index (χ1) is 8.78. The van der Waals surface area contributed by atoms with Crippen LogP contribution >= 0.6 is 11.6 Å². The van der Waals surface area contributed by atoms with E-state index < -0.39 is 47.0 Å². The fraction of sp³-hybridized carbons (Fsp3) is 0.600. The largest absolute Gasteiger partial charge is 0.394 e. The number of nitrogens with one attached hydrogen (secondary N) is 1. The number of aromatic amines is 1. The Balaban J connectivity index is 2.51. The number of aromatic nitrogens is 2. The van der Waals surface area contributed by atoms with Crippen LogP contribution in [0.3, 0.4) is 0 Å². The lowest BCUT2D eigenvalue weighted by atomic mass is 10.0. The van der Waals surface area contributed by atoms with Crippen molar-refractivity contribution in [3.63, 3.8) is 0 Å². The standard InChI is InChI=1S/C10H12ClFN2O5/c1-10(11)6(16)5(3-15)19-8(10)14-2-4(12)7(17)13-9(14)18/h2,5-6,8,15-16H,3H2,1H3,(H,13,17,18)/t5-,6-,8-,10-/m1/s1. The van der Waals surface area contributed by atoms with Gasteiger partial charge in [0.25, 0.3) is 5.56 Å². The summed E-state index contributed by atoms with van der Waals surface area (Å²) in [5, 5.41) is 18.9. The fourth-order valence-electron chi connectivity index (χ4n) is 2.00. The molecule has 2 rings (SSSR count). The number of ether oxygens (including phenoxy) is 1. The monoisotopic (exact) mass is 294 g/mol. The van der Waals surface area contributed by atoms with Gasteiger partial charge in [0.05, 0.1) is 12.8 Å². The molecular weight excluding hydrogens is 283 g/mol. The highest BCUT2D eigenvalue weighted by atomic mass is 35.5. The smallest absolute Gasteiger partial charge is 0.330 e. The van der Waals surface area contributed by atoms with E-state index in [1.807, 2.05) is 0 Å². The summed E-state index contributed by atoms with van der Waals surface area (Å²) in [5.74, 6) is -1.18. The molecule has 106 valence electrons. The Kier molecular flexibility index (Phi) is 3.52. The summed E-state index contributed by atoms with van der Waals surface area (Å²) in [6, 6.07) is 0. The Labute approximate surface area is 111 Å². The summed E-state index contributed by atoms with van der Waals surface area (Å²) in [6.07, 6.45) is -2.83. The number of aliphatic hydroxyl groups is 2. The van der Waals surface area contributed by atoms with E-state index in [9.17, 15) is 19.1 Å². The Morgan fingerprint density at radius 1 is 1.63 bits per heavy atom. The van der Waals surface area contributed by atoms with Crippen LogP contribution in [0.1, 0.15) is 13.2 Å². The average Bonchev–Trinajstić information content (AvgIpc) is 2.56. The molecule has 0 amide bonds. The molecule has 9 heteroatoms. The SMILES string of the molecule is C[C@@]1(Cl)[C@H](O)[C@@H](CO)O[C@H]1n1cc(F)c(=O)[nH]c1=O. The molecule has 1 saturated heterocycles. The molecule has 0 unspecified atom stereocenters. The summed E-state index contributed by atoms with van der Waals surface area (Å²) in [7, 11) is 0. The lowest BCUT2D eigenvalue weighted by Gasteiger charge is -2.26. The lowest BCUT2D eigenvalue weighted by molar-refractivity contribution is -0.0473. The second-order valence-electron chi connectivity index (χ2n) is 4.45. The molecule has 1 aromatic rings. The number of hydrogen-bond donors (Lipinski definition) is 3. The maximum atomic E-state index is 13.2. The van der Waals surface area contributed by atoms with Gasteiger partial charge in [-0.3, -0.25) is 14.3 Å². The van der Waals surface area contributed by atoms with Gasteiger partial charge in [-0.15, -0.1) is 11.6 Å². The molecule has 7 nitrogen and oxygen atoms in total. The number of nitrogens with zero attached hydrogens (tertiary/aromatic N) is 1. The third-order valence-corrected chi connectivity index (χ3v) is 3.48. The van der Waals surface area contributed by atoms with E-state index in [0.29, 0.717) is 6.20 Å². The van der Waals surface area contributed by atoms with Gasteiger partial charge >= 0.3 is 5.69 Å². The molecule has 1 fully saturated rings. The third-order valence-electron chi connectivity index (χ3n) is 3.07. The van der Waals surface area contributed by atoms with Crippen molar-refractivity contribution in [2.75, 3.05) is 6.61 Å². The van der Waals surface area contributed by atoms with Crippen LogP contribution in [0.15, 0.2) is 15.8 Å². The fourth-order valence-corrected chi connectivity index (χ4v) is 2.30. The Morgan fingerprint density at radius 3 is 2.79 bits per heavy atom. The predicted molar refractivity (Wildman–Crippen MR) is 62.5 cm³/mol. The van der Waals surface area contributed by atoms with Crippen molar-refractivity contribution in [2.45, 2.75) is 30.2 Å². The summed E-state index contributed by atoms with van der Waals surface area (Å²) >= 11 is 6.10.